The molecule has 0 aliphatic heterocycles. The van der Waals surface area contributed by atoms with Gasteiger partial charge in [0.25, 0.3) is 0 Å². The van der Waals surface area contributed by atoms with Crippen LogP contribution in [0.3, 0.4) is 0 Å². The van der Waals surface area contributed by atoms with E-state index in [0.717, 1.165) is 5.56 Å². The molecule has 7 heteroatoms. The van der Waals surface area contributed by atoms with Gasteiger partial charge < -0.3 is 20.4 Å². The third-order valence-corrected chi connectivity index (χ3v) is 2.91. The van der Waals surface area contributed by atoms with Crippen LogP contribution in [0.5, 0.6) is 0 Å². The Bertz CT molecular complexity index is 591. The molecular formula is C13H17N5O2. The predicted molar refractivity (Wildman–Crippen MR) is 74.0 cm³/mol. The molecule has 1 aromatic heterocycles. The van der Waals surface area contributed by atoms with Gasteiger partial charge in [0.15, 0.2) is 0 Å². The summed E-state index contributed by atoms with van der Waals surface area (Å²) in [6.07, 6.45) is 0. The average molecular weight is 275 g/mol. The number of oxime groups is 1. The molecule has 0 aliphatic carbocycles. The Kier molecular flexibility index (Phi) is 4.19. The summed E-state index contributed by atoms with van der Waals surface area (Å²) < 4.78 is 5.18. The molecule has 0 saturated carbocycles. The molecule has 1 heterocycles. The minimum absolute atomic E-state index is 0.0163. The summed E-state index contributed by atoms with van der Waals surface area (Å²) in [5.74, 6) is 0.951. The molecule has 7 nitrogen and oxygen atoms in total. The fourth-order valence-corrected chi connectivity index (χ4v) is 1.72. The van der Waals surface area contributed by atoms with Gasteiger partial charge in [0.1, 0.15) is 6.54 Å². The van der Waals surface area contributed by atoms with E-state index in [9.17, 15) is 0 Å². The highest BCUT2D eigenvalue weighted by molar-refractivity contribution is 5.77. The van der Waals surface area contributed by atoms with Crippen molar-refractivity contribution in [1.82, 2.24) is 15.0 Å². The Morgan fingerprint density at radius 3 is 2.70 bits per heavy atom. The van der Waals surface area contributed by atoms with Gasteiger partial charge in [-0.3, -0.25) is 0 Å². The zero-order valence-corrected chi connectivity index (χ0v) is 11.4. The van der Waals surface area contributed by atoms with Gasteiger partial charge in [0.2, 0.25) is 17.7 Å². The first kappa shape index (κ1) is 13.9. The van der Waals surface area contributed by atoms with Crippen molar-refractivity contribution in [3.63, 3.8) is 0 Å². The third-order valence-electron chi connectivity index (χ3n) is 2.91. The maximum atomic E-state index is 8.68. The fraction of sp³-hybridized carbons (Fsp3) is 0.308. The van der Waals surface area contributed by atoms with Crippen molar-refractivity contribution in [2.24, 2.45) is 10.9 Å². The highest BCUT2D eigenvalue weighted by Gasteiger charge is 2.13. The van der Waals surface area contributed by atoms with Crippen LogP contribution in [0.4, 0.5) is 0 Å². The molecule has 0 bridgehead atoms. The van der Waals surface area contributed by atoms with Gasteiger partial charge >= 0.3 is 0 Å². The molecule has 0 amide bonds. The third kappa shape index (κ3) is 3.05. The Morgan fingerprint density at radius 2 is 2.10 bits per heavy atom. The van der Waals surface area contributed by atoms with Crippen LogP contribution in [-0.2, 0) is 6.54 Å². The number of aromatic nitrogens is 2. The van der Waals surface area contributed by atoms with Crippen LogP contribution in [0.15, 0.2) is 33.9 Å². The first-order valence-corrected chi connectivity index (χ1v) is 6.26. The number of aryl methyl sites for hydroxylation is 1. The van der Waals surface area contributed by atoms with Gasteiger partial charge in [-0.2, -0.15) is 4.98 Å². The lowest BCUT2D eigenvalue weighted by atomic mass is 10.1. The topological polar surface area (TPSA) is 101 Å². The lowest BCUT2D eigenvalue weighted by molar-refractivity contribution is 0.282. The van der Waals surface area contributed by atoms with Crippen LogP contribution in [0.1, 0.15) is 18.4 Å². The summed E-state index contributed by atoms with van der Waals surface area (Å²) in [6.45, 7) is 4.76. The van der Waals surface area contributed by atoms with Gasteiger partial charge in [0.05, 0.1) is 0 Å². The van der Waals surface area contributed by atoms with Crippen molar-refractivity contribution in [1.29, 1.82) is 0 Å². The summed E-state index contributed by atoms with van der Waals surface area (Å²) in [7, 11) is 0. The van der Waals surface area contributed by atoms with E-state index in [1.807, 2.05) is 38.1 Å². The number of benzene rings is 1. The molecule has 0 atom stereocenters. The maximum Gasteiger partial charge on any atom is 0.246 e. The van der Waals surface area contributed by atoms with Gasteiger partial charge in [-0.05, 0) is 13.8 Å². The largest absolute Gasteiger partial charge is 0.408 e. The zero-order chi connectivity index (χ0) is 14.5. The van der Waals surface area contributed by atoms with Crippen LogP contribution in [0.2, 0.25) is 0 Å². The van der Waals surface area contributed by atoms with Crippen molar-refractivity contribution in [3.05, 3.63) is 35.7 Å². The Hall–Kier alpha value is -2.57. The second-order valence-corrected chi connectivity index (χ2v) is 4.35. The number of hydrogen-bond donors (Lipinski definition) is 2. The van der Waals surface area contributed by atoms with Crippen molar-refractivity contribution >= 4 is 5.96 Å². The lowest BCUT2D eigenvalue weighted by Gasteiger charge is -2.17. The normalized spacial score (nSPS) is 11.6. The van der Waals surface area contributed by atoms with E-state index in [4.69, 9.17) is 15.5 Å². The second kappa shape index (κ2) is 6.05. The van der Waals surface area contributed by atoms with Gasteiger partial charge in [-0.15, -0.1) is 0 Å². The first-order chi connectivity index (χ1) is 9.63. The molecule has 106 valence electrons. The number of rotatable bonds is 4. The lowest BCUT2D eigenvalue weighted by Crippen LogP contribution is -2.36. The van der Waals surface area contributed by atoms with E-state index >= 15 is 0 Å². The molecule has 1 aromatic carbocycles. The average Bonchev–Trinajstić information content (AvgIpc) is 2.93. The Morgan fingerprint density at radius 1 is 1.40 bits per heavy atom. The number of guanidine groups is 1. The molecule has 2 aromatic rings. The maximum absolute atomic E-state index is 8.68. The van der Waals surface area contributed by atoms with Crippen molar-refractivity contribution < 1.29 is 9.73 Å². The van der Waals surface area contributed by atoms with E-state index in [1.54, 1.807) is 4.90 Å². The summed E-state index contributed by atoms with van der Waals surface area (Å²) >= 11 is 0. The highest BCUT2D eigenvalue weighted by Crippen LogP contribution is 2.16. The summed E-state index contributed by atoms with van der Waals surface area (Å²) in [5.41, 5.74) is 7.60. The minimum Gasteiger partial charge on any atom is -0.408 e. The molecule has 2 rings (SSSR count). The molecule has 0 unspecified atom stereocenters. The van der Waals surface area contributed by atoms with Crippen LogP contribution in [-0.4, -0.2) is 32.8 Å². The molecule has 20 heavy (non-hydrogen) atoms. The van der Waals surface area contributed by atoms with Crippen LogP contribution < -0.4 is 5.73 Å². The number of hydrogen-bond acceptors (Lipinski definition) is 5. The van der Waals surface area contributed by atoms with E-state index in [1.165, 1.54) is 5.56 Å². The zero-order valence-electron chi connectivity index (χ0n) is 11.4. The quantitative estimate of drug-likeness (QED) is 0.380. The molecule has 0 spiro atoms. The van der Waals surface area contributed by atoms with Gasteiger partial charge in [0, 0.05) is 12.1 Å². The van der Waals surface area contributed by atoms with Gasteiger partial charge in [-0.1, -0.05) is 40.1 Å². The second-order valence-electron chi connectivity index (χ2n) is 4.35. The predicted octanol–water partition coefficient (Wildman–Crippen LogP) is 1.57. The smallest absolute Gasteiger partial charge is 0.246 e. The van der Waals surface area contributed by atoms with Crippen LogP contribution in [0, 0.1) is 6.92 Å². The Labute approximate surface area is 116 Å². The van der Waals surface area contributed by atoms with Crippen molar-refractivity contribution in [3.8, 4) is 11.4 Å². The number of nitrogens with two attached hydrogens (primary N) is 1. The summed E-state index contributed by atoms with van der Waals surface area (Å²) in [6, 6.07) is 7.84. The summed E-state index contributed by atoms with van der Waals surface area (Å²) in [5, 5.41) is 15.6. The molecule has 3 N–H and O–H groups in total. The fourth-order valence-electron chi connectivity index (χ4n) is 1.72. The SMILES string of the molecule is CCN(Cc1nc(-c2ccc(C)cc2)no1)/C(N)=N/O. The number of nitrogens with zero attached hydrogens (tertiary/aromatic N) is 4. The summed E-state index contributed by atoms with van der Waals surface area (Å²) in [4.78, 5) is 5.92. The van der Waals surface area contributed by atoms with Crippen LogP contribution in [0.25, 0.3) is 11.4 Å². The minimum atomic E-state index is 0.0163. The van der Waals surface area contributed by atoms with Gasteiger partial charge in [-0.25, -0.2) is 0 Å². The van der Waals surface area contributed by atoms with E-state index in [2.05, 4.69) is 15.3 Å². The standard InChI is InChI=1S/C13H17N5O2/c1-3-18(13(14)16-19)8-11-15-12(17-20-11)10-6-4-9(2)5-7-10/h4-7,19H,3,8H2,1-2H3,(H2,14,16). The van der Waals surface area contributed by atoms with E-state index in [-0.39, 0.29) is 5.96 Å². The molecule has 0 saturated heterocycles. The molecular weight excluding hydrogens is 258 g/mol. The van der Waals surface area contributed by atoms with E-state index in [0.29, 0.717) is 24.8 Å². The molecule has 0 fully saturated rings. The Balaban J connectivity index is 2.14. The monoisotopic (exact) mass is 275 g/mol. The van der Waals surface area contributed by atoms with E-state index < -0.39 is 0 Å². The molecule has 0 aliphatic rings. The highest BCUT2D eigenvalue weighted by atomic mass is 16.5. The van der Waals surface area contributed by atoms with Crippen molar-refractivity contribution in [2.75, 3.05) is 6.54 Å². The molecule has 0 radical (unpaired) electrons. The van der Waals surface area contributed by atoms with Crippen molar-refractivity contribution in [2.45, 2.75) is 20.4 Å². The van der Waals surface area contributed by atoms with Crippen LogP contribution >= 0.6 is 0 Å². The first-order valence-electron chi connectivity index (χ1n) is 6.26.